The Kier molecular flexibility index (Phi) is 17.7. The maximum atomic E-state index is 13.1. The Labute approximate surface area is 255 Å². The van der Waals surface area contributed by atoms with Crippen molar-refractivity contribution in [3.05, 3.63) is 47.5 Å². The van der Waals surface area contributed by atoms with E-state index >= 15 is 0 Å². The smallest absolute Gasteiger partial charge is 0.416 e. The van der Waals surface area contributed by atoms with Crippen LogP contribution in [0.5, 0.6) is 0 Å². The number of aliphatic carboxylic acids is 3. The average molecular weight is 628 g/mol. The van der Waals surface area contributed by atoms with Crippen molar-refractivity contribution < 1.29 is 52.5 Å². The van der Waals surface area contributed by atoms with Gasteiger partial charge in [-0.2, -0.15) is 13.2 Å². The van der Waals surface area contributed by atoms with Gasteiger partial charge in [0.25, 0.3) is 0 Å². The van der Waals surface area contributed by atoms with Gasteiger partial charge in [-0.1, -0.05) is 69.7 Å². The lowest BCUT2D eigenvalue weighted by Crippen LogP contribution is -2.47. The molecular formula is C32H44F3NO8. The molecule has 0 aliphatic rings. The van der Waals surface area contributed by atoms with E-state index in [-0.39, 0.29) is 17.8 Å². The van der Waals surface area contributed by atoms with Gasteiger partial charge in [-0.15, -0.1) is 0 Å². The predicted octanol–water partition coefficient (Wildman–Crippen LogP) is 6.44. The van der Waals surface area contributed by atoms with E-state index in [1.807, 2.05) is 0 Å². The second kappa shape index (κ2) is 20.3. The molecule has 1 aromatic carbocycles. The monoisotopic (exact) mass is 627 g/mol. The third-order valence-electron chi connectivity index (χ3n) is 7.26. The second-order valence-electron chi connectivity index (χ2n) is 11.0. The van der Waals surface area contributed by atoms with Crippen molar-refractivity contribution in [1.29, 1.82) is 0 Å². The highest BCUT2D eigenvalue weighted by Gasteiger charge is 2.36. The summed E-state index contributed by atoms with van der Waals surface area (Å²) in [6, 6.07) is 2.12. The second-order valence-corrected chi connectivity index (χ2v) is 11.0. The Balaban J connectivity index is 2.76. The normalized spacial score (nSPS) is 13.7. The first kappa shape index (κ1) is 38.3. The summed E-state index contributed by atoms with van der Waals surface area (Å²) in [6.07, 6.45) is 7.04. The van der Waals surface area contributed by atoms with Crippen LogP contribution in [0.3, 0.4) is 0 Å². The quantitative estimate of drug-likeness (QED) is 0.0798. The number of ketones is 1. The van der Waals surface area contributed by atoms with Crippen LogP contribution in [0, 0.1) is 11.8 Å². The van der Waals surface area contributed by atoms with E-state index in [0.29, 0.717) is 25.7 Å². The summed E-state index contributed by atoms with van der Waals surface area (Å²) in [6.45, 7) is 2.14. The molecule has 1 aromatic rings. The number of rotatable bonds is 23. The number of carboxylic acid groups (broad SMARTS) is 3. The summed E-state index contributed by atoms with van der Waals surface area (Å²) in [5.41, 5.74) is -0.742. The first-order valence-corrected chi connectivity index (χ1v) is 15.1. The fraction of sp³-hybridized carbons (Fsp3) is 0.594. The van der Waals surface area contributed by atoms with Gasteiger partial charge in [0.2, 0.25) is 5.91 Å². The van der Waals surface area contributed by atoms with Crippen LogP contribution in [-0.2, 0) is 36.6 Å². The number of benzene rings is 1. The van der Waals surface area contributed by atoms with Crippen LogP contribution in [-0.4, -0.2) is 51.0 Å². The number of carbonyl (C=O) groups is 5. The SMILES string of the molecule is CCCCCCCC(=O)CCCCCC/C=C/C(C(=O)NC(Cc1ccc(C(F)(F)F)cc1)C(=O)O)C(CC(=O)O)C(=O)O. The zero-order chi connectivity index (χ0) is 33.1. The number of allylic oxidation sites excluding steroid dienone is 1. The van der Waals surface area contributed by atoms with Crippen molar-refractivity contribution in [2.75, 3.05) is 0 Å². The van der Waals surface area contributed by atoms with Gasteiger partial charge in [0, 0.05) is 19.3 Å². The molecule has 0 heterocycles. The Morgan fingerprint density at radius 3 is 1.89 bits per heavy atom. The standard InChI is InChI=1S/C32H44F3NO8/c1-2-3-4-7-10-13-24(37)14-11-8-5-6-9-12-15-25(26(30(41)42)21-28(38)39)29(40)36-27(31(43)44)20-22-16-18-23(19-17-22)32(33,34)35/h12,15-19,25-27H,2-11,13-14,20-21H2,1H3,(H,36,40)(H,38,39)(H,41,42)(H,43,44)/b15-12+. The molecule has 0 saturated carbocycles. The van der Waals surface area contributed by atoms with Crippen molar-refractivity contribution in [2.45, 2.75) is 109 Å². The number of carbonyl (C=O) groups excluding carboxylic acids is 2. The van der Waals surface area contributed by atoms with E-state index in [4.69, 9.17) is 0 Å². The molecule has 0 aromatic heterocycles. The minimum Gasteiger partial charge on any atom is -0.481 e. The number of halogens is 3. The lowest BCUT2D eigenvalue weighted by Gasteiger charge is -2.22. The maximum absolute atomic E-state index is 13.1. The van der Waals surface area contributed by atoms with Crippen LogP contribution in [0.1, 0.15) is 102 Å². The molecule has 246 valence electrons. The first-order chi connectivity index (χ1) is 20.8. The van der Waals surface area contributed by atoms with Crippen molar-refractivity contribution in [2.24, 2.45) is 11.8 Å². The summed E-state index contributed by atoms with van der Waals surface area (Å²) in [5.74, 6) is -8.47. The van der Waals surface area contributed by atoms with Gasteiger partial charge < -0.3 is 20.6 Å². The van der Waals surface area contributed by atoms with Gasteiger partial charge in [0.1, 0.15) is 11.8 Å². The first-order valence-electron chi connectivity index (χ1n) is 15.1. The number of hydrogen-bond donors (Lipinski definition) is 4. The third kappa shape index (κ3) is 15.7. The molecule has 0 saturated heterocycles. The van der Waals surface area contributed by atoms with Gasteiger partial charge in [0.15, 0.2) is 0 Å². The molecule has 0 aliphatic heterocycles. The highest BCUT2D eigenvalue weighted by molar-refractivity contribution is 5.91. The highest BCUT2D eigenvalue weighted by atomic mass is 19.4. The van der Waals surface area contributed by atoms with Crippen molar-refractivity contribution in [3.8, 4) is 0 Å². The molecule has 3 atom stereocenters. The highest BCUT2D eigenvalue weighted by Crippen LogP contribution is 2.29. The Hall–Kier alpha value is -3.70. The van der Waals surface area contributed by atoms with Gasteiger partial charge in [-0.05, 0) is 43.4 Å². The van der Waals surface area contributed by atoms with Crippen LogP contribution in [0.2, 0.25) is 0 Å². The van der Waals surface area contributed by atoms with E-state index in [1.54, 1.807) is 6.08 Å². The minimum atomic E-state index is -4.58. The number of nitrogens with one attached hydrogen (secondary N) is 1. The molecular weight excluding hydrogens is 583 g/mol. The molecule has 44 heavy (non-hydrogen) atoms. The molecule has 0 spiro atoms. The summed E-state index contributed by atoms with van der Waals surface area (Å²) >= 11 is 0. The van der Waals surface area contributed by atoms with E-state index in [0.717, 1.165) is 69.2 Å². The van der Waals surface area contributed by atoms with Crippen molar-refractivity contribution in [3.63, 3.8) is 0 Å². The maximum Gasteiger partial charge on any atom is 0.416 e. The van der Waals surface area contributed by atoms with Gasteiger partial charge in [-0.25, -0.2) is 4.79 Å². The number of carboxylic acids is 3. The summed E-state index contributed by atoms with van der Waals surface area (Å²) in [4.78, 5) is 60.1. The topological polar surface area (TPSA) is 158 Å². The van der Waals surface area contributed by atoms with E-state index in [1.165, 1.54) is 12.5 Å². The van der Waals surface area contributed by atoms with Crippen LogP contribution >= 0.6 is 0 Å². The van der Waals surface area contributed by atoms with Gasteiger partial charge in [0.05, 0.1) is 23.8 Å². The fourth-order valence-electron chi connectivity index (χ4n) is 4.73. The molecule has 0 aliphatic carbocycles. The summed E-state index contributed by atoms with van der Waals surface area (Å²) < 4.78 is 38.5. The minimum absolute atomic E-state index is 0.187. The number of Topliss-reactive ketones (excluding diaryl/α,β-unsaturated/α-hetero) is 1. The largest absolute Gasteiger partial charge is 0.481 e. The Morgan fingerprint density at radius 1 is 0.818 bits per heavy atom. The molecule has 0 fully saturated rings. The van der Waals surface area contributed by atoms with Crippen LogP contribution in [0.15, 0.2) is 36.4 Å². The van der Waals surface area contributed by atoms with E-state index in [9.17, 15) is 52.5 Å². The number of unbranched alkanes of at least 4 members (excludes halogenated alkanes) is 8. The fourth-order valence-corrected chi connectivity index (χ4v) is 4.73. The number of alkyl halides is 3. The molecule has 9 nitrogen and oxygen atoms in total. The van der Waals surface area contributed by atoms with Crippen molar-refractivity contribution >= 4 is 29.6 Å². The zero-order valence-electron chi connectivity index (χ0n) is 25.1. The Morgan fingerprint density at radius 2 is 1.39 bits per heavy atom. The predicted molar refractivity (Wildman–Crippen MR) is 157 cm³/mol. The number of amides is 1. The van der Waals surface area contributed by atoms with E-state index < -0.39 is 59.9 Å². The van der Waals surface area contributed by atoms with Gasteiger partial charge >= 0.3 is 24.1 Å². The Bertz CT molecular complexity index is 1100. The lowest BCUT2D eigenvalue weighted by atomic mass is 9.87. The zero-order valence-corrected chi connectivity index (χ0v) is 25.1. The molecule has 0 radical (unpaired) electrons. The van der Waals surface area contributed by atoms with Crippen LogP contribution in [0.25, 0.3) is 0 Å². The van der Waals surface area contributed by atoms with Crippen LogP contribution in [0.4, 0.5) is 13.2 Å². The van der Waals surface area contributed by atoms with Gasteiger partial charge in [-0.3, -0.25) is 19.2 Å². The number of hydrogen-bond acceptors (Lipinski definition) is 5. The average Bonchev–Trinajstić information content (AvgIpc) is 2.94. The summed E-state index contributed by atoms with van der Waals surface area (Å²) in [7, 11) is 0. The molecule has 12 heteroatoms. The van der Waals surface area contributed by atoms with E-state index in [2.05, 4.69) is 12.2 Å². The van der Waals surface area contributed by atoms with Crippen LogP contribution < -0.4 is 5.32 Å². The molecule has 1 rings (SSSR count). The lowest BCUT2D eigenvalue weighted by molar-refractivity contribution is -0.152. The molecule has 1 amide bonds. The molecule has 0 bridgehead atoms. The van der Waals surface area contributed by atoms with Crippen molar-refractivity contribution in [1.82, 2.24) is 5.32 Å². The molecule has 4 N–H and O–H groups in total. The summed E-state index contributed by atoms with van der Waals surface area (Å²) in [5, 5.41) is 30.7. The third-order valence-corrected chi connectivity index (χ3v) is 7.26. The molecule has 3 unspecified atom stereocenters.